The Bertz CT molecular complexity index is 941. The van der Waals surface area contributed by atoms with Gasteiger partial charge in [0.15, 0.2) is 15.8 Å². The minimum atomic E-state index is -3.75. The topological polar surface area (TPSA) is 157 Å². The van der Waals surface area contributed by atoms with E-state index in [4.69, 9.17) is 16.2 Å². The number of hydrogen-bond donors (Lipinski definition) is 3. The summed E-state index contributed by atoms with van der Waals surface area (Å²) < 4.78 is 30.2. The van der Waals surface area contributed by atoms with Crippen LogP contribution in [0.1, 0.15) is 44.0 Å². The molecule has 5 N–H and O–H groups in total. The van der Waals surface area contributed by atoms with Crippen molar-refractivity contribution in [3.63, 3.8) is 0 Å². The van der Waals surface area contributed by atoms with Crippen LogP contribution in [0.25, 0.3) is 0 Å². The number of amides is 2. The molecule has 0 spiro atoms. The fourth-order valence-electron chi connectivity index (χ4n) is 3.25. The number of sulfone groups is 1. The Kier molecular flexibility index (Phi) is 6.96. The molecule has 0 aliphatic carbocycles. The van der Waals surface area contributed by atoms with Gasteiger partial charge in [-0.15, -0.1) is 0 Å². The highest BCUT2D eigenvalue weighted by atomic mass is 32.2. The third kappa shape index (κ3) is 6.34. The van der Waals surface area contributed by atoms with E-state index in [-0.39, 0.29) is 16.5 Å². The van der Waals surface area contributed by atoms with Gasteiger partial charge >= 0.3 is 6.09 Å². The van der Waals surface area contributed by atoms with E-state index >= 15 is 0 Å². The highest BCUT2D eigenvalue weighted by Gasteiger charge is 2.29. The number of hydrogen-bond acceptors (Lipinski definition) is 6. The summed E-state index contributed by atoms with van der Waals surface area (Å²) in [5.74, 6) is -1.27. The van der Waals surface area contributed by atoms with Crippen LogP contribution in [0.15, 0.2) is 28.1 Å². The molecule has 1 heterocycles. The van der Waals surface area contributed by atoms with Crippen LogP contribution in [0.5, 0.6) is 0 Å². The summed E-state index contributed by atoms with van der Waals surface area (Å²) in [4.78, 5) is 29.6. The summed E-state index contributed by atoms with van der Waals surface area (Å²) in [5.41, 5.74) is 10.3. The van der Waals surface area contributed by atoms with Crippen molar-refractivity contribution in [1.29, 1.82) is 0 Å². The van der Waals surface area contributed by atoms with Gasteiger partial charge in [0.1, 0.15) is 10.5 Å². The number of nitrogens with one attached hydrogen (secondary N) is 1. The Morgan fingerprint density at radius 3 is 2.30 bits per heavy atom. The van der Waals surface area contributed by atoms with E-state index in [1.807, 2.05) is 4.90 Å². The lowest BCUT2D eigenvalue weighted by molar-refractivity contribution is 0.0497. The number of guanidine groups is 1. The van der Waals surface area contributed by atoms with E-state index in [2.05, 4.69) is 10.3 Å². The second kappa shape index (κ2) is 8.90. The second-order valence-corrected chi connectivity index (χ2v) is 10.1. The molecule has 0 saturated carbocycles. The summed E-state index contributed by atoms with van der Waals surface area (Å²) in [6.45, 7) is 6.35. The zero-order chi connectivity index (χ0) is 22.7. The number of nitrogens with zero attached hydrogens (tertiary/aromatic N) is 2. The number of piperidine rings is 1. The summed E-state index contributed by atoms with van der Waals surface area (Å²) in [6.07, 6.45) is 1.74. The number of carbonyl (C=O) groups excluding carboxylic acids is 2. The largest absolute Gasteiger partial charge is 0.444 e. The first-order chi connectivity index (χ1) is 13.8. The molecule has 1 fully saturated rings. The molecule has 11 heteroatoms. The van der Waals surface area contributed by atoms with Gasteiger partial charge in [0.2, 0.25) is 0 Å². The molecule has 2 rings (SSSR count). The van der Waals surface area contributed by atoms with Crippen molar-refractivity contribution in [3.05, 3.63) is 23.8 Å². The lowest BCUT2D eigenvalue weighted by atomic mass is 10.0. The van der Waals surface area contributed by atoms with Crippen LogP contribution in [0.4, 0.5) is 10.5 Å². The summed E-state index contributed by atoms with van der Waals surface area (Å²) >= 11 is 0. The normalized spacial score (nSPS) is 15.4. The van der Waals surface area contributed by atoms with E-state index in [1.54, 1.807) is 32.9 Å². The first-order valence-corrected chi connectivity index (χ1v) is 11.4. The number of rotatable bonds is 4. The SMILES string of the molecule is CC(C)(C)OC(=O)NC1CCN(c2cccc(C(=O)N=C(N)N)c2S(C)(=O)=O)CC1. The van der Waals surface area contributed by atoms with Crippen molar-refractivity contribution in [2.75, 3.05) is 24.2 Å². The van der Waals surface area contributed by atoms with E-state index in [0.29, 0.717) is 31.6 Å². The molecule has 10 nitrogen and oxygen atoms in total. The third-order valence-electron chi connectivity index (χ3n) is 4.38. The lowest BCUT2D eigenvalue weighted by Gasteiger charge is -2.35. The number of alkyl carbamates (subject to hydrolysis) is 1. The van der Waals surface area contributed by atoms with Crippen molar-refractivity contribution in [2.24, 2.45) is 16.5 Å². The van der Waals surface area contributed by atoms with Gasteiger partial charge in [0.05, 0.1) is 11.3 Å². The fraction of sp³-hybridized carbons (Fsp3) is 0.526. The van der Waals surface area contributed by atoms with Crippen molar-refractivity contribution in [1.82, 2.24) is 5.32 Å². The van der Waals surface area contributed by atoms with Gasteiger partial charge in [-0.1, -0.05) is 6.07 Å². The van der Waals surface area contributed by atoms with Crippen molar-refractivity contribution >= 4 is 33.5 Å². The lowest BCUT2D eigenvalue weighted by Crippen LogP contribution is -2.46. The van der Waals surface area contributed by atoms with Gasteiger partial charge in [0, 0.05) is 25.4 Å². The van der Waals surface area contributed by atoms with E-state index < -0.39 is 33.4 Å². The minimum absolute atomic E-state index is 0.0857. The van der Waals surface area contributed by atoms with Gasteiger partial charge in [-0.25, -0.2) is 13.2 Å². The molecule has 0 atom stereocenters. The third-order valence-corrected chi connectivity index (χ3v) is 5.55. The quantitative estimate of drug-likeness (QED) is 0.463. The fourth-order valence-corrected chi connectivity index (χ4v) is 4.38. The molecule has 0 aromatic heterocycles. The van der Waals surface area contributed by atoms with Crippen LogP contribution in [-0.2, 0) is 14.6 Å². The number of carbonyl (C=O) groups is 2. The minimum Gasteiger partial charge on any atom is -0.444 e. The molecule has 1 aliphatic heterocycles. The average Bonchev–Trinajstić information content (AvgIpc) is 2.58. The van der Waals surface area contributed by atoms with Crippen molar-refractivity contribution < 1.29 is 22.7 Å². The molecular formula is C19H29N5O5S. The highest BCUT2D eigenvalue weighted by Crippen LogP contribution is 2.31. The molecule has 0 radical (unpaired) electrons. The Hall–Kier alpha value is -2.82. The molecule has 2 amide bonds. The van der Waals surface area contributed by atoms with Crippen LogP contribution >= 0.6 is 0 Å². The zero-order valence-corrected chi connectivity index (χ0v) is 18.5. The second-order valence-electron chi connectivity index (χ2n) is 8.18. The standard InChI is InChI=1S/C19H29N5O5S/c1-19(2,3)29-18(26)22-12-8-10-24(11-9-12)14-7-5-6-13(15(14)30(4,27)28)16(25)23-17(20)21/h5-7,12H,8-11H2,1-4H3,(H,22,26)(H4,20,21,23,25). The molecule has 0 unspecified atom stereocenters. The van der Waals surface area contributed by atoms with E-state index in [9.17, 15) is 18.0 Å². The Morgan fingerprint density at radius 1 is 1.20 bits per heavy atom. The number of nitrogens with two attached hydrogens (primary N) is 2. The van der Waals surface area contributed by atoms with Crippen LogP contribution in [0, 0.1) is 0 Å². The van der Waals surface area contributed by atoms with Gasteiger partial charge in [-0.05, 0) is 45.7 Å². The predicted octanol–water partition coefficient (Wildman–Crippen LogP) is 0.997. The zero-order valence-electron chi connectivity index (χ0n) is 17.6. The maximum Gasteiger partial charge on any atom is 0.407 e. The van der Waals surface area contributed by atoms with Gasteiger partial charge in [0.25, 0.3) is 5.91 Å². The molecule has 1 saturated heterocycles. The maximum absolute atomic E-state index is 12.5. The number of anilines is 1. The van der Waals surface area contributed by atoms with Gasteiger partial charge in [-0.3, -0.25) is 4.79 Å². The average molecular weight is 440 g/mol. The summed E-state index contributed by atoms with van der Waals surface area (Å²) in [5, 5.41) is 2.84. The summed E-state index contributed by atoms with van der Waals surface area (Å²) in [6, 6.07) is 4.52. The van der Waals surface area contributed by atoms with Crippen molar-refractivity contribution in [3.8, 4) is 0 Å². The van der Waals surface area contributed by atoms with E-state index in [0.717, 1.165) is 6.26 Å². The van der Waals surface area contributed by atoms with Crippen LogP contribution in [0.3, 0.4) is 0 Å². The monoisotopic (exact) mass is 439 g/mol. The molecule has 0 bridgehead atoms. The smallest absolute Gasteiger partial charge is 0.407 e. The van der Waals surface area contributed by atoms with Crippen LogP contribution in [-0.4, -0.2) is 57.4 Å². The first kappa shape index (κ1) is 23.5. The molecular weight excluding hydrogens is 410 g/mol. The Balaban J connectivity index is 2.22. The first-order valence-electron chi connectivity index (χ1n) is 9.49. The molecule has 1 aromatic rings. The van der Waals surface area contributed by atoms with Crippen LogP contribution < -0.4 is 21.7 Å². The van der Waals surface area contributed by atoms with Crippen LogP contribution in [0.2, 0.25) is 0 Å². The highest BCUT2D eigenvalue weighted by molar-refractivity contribution is 7.91. The molecule has 1 aliphatic rings. The number of ether oxygens (including phenoxy) is 1. The molecule has 166 valence electrons. The van der Waals surface area contributed by atoms with Gasteiger partial charge in [-0.2, -0.15) is 4.99 Å². The van der Waals surface area contributed by atoms with Crippen molar-refractivity contribution in [2.45, 2.75) is 50.2 Å². The summed E-state index contributed by atoms with van der Waals surface area (Å²) in [7, 11) is -3.75. The predicted molar refractivity (Wildman–Crippen MR) is 114 cm³/mol. The maximum atomic E-state index is 12.5. The molecule has 30 heavy (non-hydrogen) atoms. The molecule has 1 aromatic carbocycles. The Labute approximate surface area is 176 Å². The number of aliphatic imine (C=N–C) groups is 1. The van der Waals surface area contributed by atoms with E-state index in [1.165, 1.54) is 6.07 Å². The Morgan fingerprint density at radius 2 is 1.80 bits per heavy atom. The number of benzene rings is 1. The van der Waals surface area contributed by atoms with Gasteiger partial charge < -0.3 is 26.4 Å².